The largest absolute Gasteiger partial charge is 0.294 e. The van der Waals surface area contributed by atoms with Gasteiger partial charge in [0.05, 0.1) is 16.8 Å². The fourth-order valence-electron chi connectivity index (χ4n) is 2.30. The molecule has 3 rings (SSSR count). The second kappa shape index (κ2) is 7.19. The van der Waals surface area contributed by atoms with E-state index in [1.54, 1.807) is 29.4 Å². The van der Waals surface area contributed by atoms with E-state index in [1.807, 2.05) is 60.7 Å². The number of nitrogens with zero attached hydrogens (tertiary/aromatic N) is 3. The molecule has 3 aromatic carbocycles. The van der Waals surface area contributed by atoms with Gasteiger partial charge in [0.25, 0.3) is 5.69 Å². The van der Waals surface area contributed by atoms with E-state index in [-0.39, 0.29) is 5.69 Å². The van der Waals surface area contributed by atoms with Gasteiger partial charge in [0.15, 0.2) is 0 Å². The molecule has 0 amide bonds. The van der Waals surface area contributed by atoms with Gasteiger partial charge in [0, 0.05) is 6.07 Å². The average molecular weight is 317 g/mol. The van der Waals surface area contributed by atoms with Crippen molar-refractivity contribution in [3.05, 3.63) is 101 Å². The predicted octanol–water partition coefficient (Wildman–Crippen LogP) is 4.77. The monoisotopic (exact) mass is 317 g/mol. The number of para-hydroxylation sites is 3. The number of hydrogen-bond donors (Lipinski definition) is 0. The van der Waals surface area contributed by atoms with E-state index in [2.05, 4.69) is 5.10 Å². The lowest BCUT2D eigenvalue weighted by Gasteiger charge is -2.19. The van der Waals surface area contributed by atoms with Crippen LogP contribution in [0.5, 0.6) is 0 Å². The number of anilines is 2. The molecule has 0 fully saturated rings. The van der Waals surface area contributed by atoms with Gasteiger partial charge in [-0.25, -0.2) is 5.01 Å². The van der Waals surface area contributed by atoms with Crippen molar-refractivity contribution in [1.29, 1.82) is 0 Å². The highest BCUT2D eigenvalue weighted by Gasteiger charge is 2.19. The van der Waals surface area contributed by atoms with Crippen LogP contribution in [0.1, 0.15) is 5.56 Å². The fourth-order valence-corrected chi connectivity index (χ4v) is 2.30. The summed E-state index contributed by atoms with van der Waals surface area (Å²) >= 11 is 0. The molecular formula is C19H15N3O2. The zero-order chi connectivity index (χ0) is 16.8. The molecule has 0 aliphatic rings. The molecule has 24 heavy (non-hydrogen) atoms. The Hall–Kier alpha value is -3.47. The zero-order valence-corrected chi connectivity index (χ0v) is 12.8. The third-order valence-electron chi connectivity index (χ3n) is 3.43. The maximum Gasteiger partial charge on any atom is 0.294 e. The first kappa shape index (κ1) is 15.4. The van der Waals surface area contributed by atoms with Crippen LogP contribution in [0, 0.1) is 10.1 Å². The molecule has 0 unspecified atom stereocenters. The standard InChI is InChI=1S/C19H15N3O2/c23-22(24)19-14-8-7-13-18(19)21(17-11-5-2-6-12-17)20-15-16-9-3-1-4-10-16/h1-15H/b20-15-. The van der Waals surface area contributed by atoms with Crippen molar-refractivity contribution in [2.45, 2.75) is 0 Å². The summed E-state index contributed by atoms with van der Waals surface area (Å²) < 4.78 is 0. The first-order valence-electron chi connectivity index (χ1n) is 7.43. The van der Waals surface area contributed by atoms with Crippen molar-refractivity contribution < 1.29 is 4.92 Å². The first-order valence-corrected chi connectivity index (χ1v) is 7.43. The van der Waals surface area contributed by atoms with Gasteiger partial charge in [-0.2, -0.15) is 5.10 Å². The Kier molecular flexibility index (Phi) is 4.62. The summed E-state index contributed by atoms with van der Waals surface area (Å²) in [6, 6.07) is 25.5. The lowest BCUT2D eigenvalue weighted by molar-refractivity contribution is -0.384. The minimum absolute atomic E-state index is 0.00608. The highest BCUT2D eigenvalue weighted by atomic mass is 16.6. The molecule has 0 heterocycles. The van der Waals surface area contributed by atoms with Gasteiger partial charge in [-0.3, -0.25) is 10.1 Å². The topological polar surface area (TPSA) is 58.7 Å². The quantitative estimate of drug-likeness (QED) is 0.387. The molecule has 0 saturated carbocycles. The van der Waals surface area contributed by atoms with E-state index < -0.39 is 4.92 Å². The highest BCUT2D eigenvalue weighted by Crippen LogP contribution is 2.33. The van der Waals surface area contributed by atoms with E-state index in [1.165, 1.54) is 6.07 Å². The van der Waals surface area contributed by atoms with E-state index in [0.717, 1.165) is 11.3 Å². The number of benzene rings is 3. The smallest absolute Gasteiger partial charge is 0.258 e. The van der Waals surface area contributed by atoms with Gasteiger partial charge >= 0.3 is 0 Å². The summed E-state index contributed by atoms with van der Waals surface area (Å²) in [7, 11) is 0. The van der Waals surface area contributed by atoms with Crippen LogP contribution < -0.4 is 5.01 Å². The number of hydrazone groups is 1. The molecule has 5 nitrogen and oxygen atoms in total. The zero-order valence-electron chi connectivity index (χ0n) is 12.8. The minimum Gasteiger partial charge on any atom is -0.258 e. The summed E-state index contributed by atoms with van der Waals surface area (Å²) in [4.78, 5) is 11.0. The Balaban J connectivity index is 2.07. The summed E-state index contributed by atoms with van der Waals surface area (Å²) in [6.45, 7) is 0. The number of hydrogen-bond acceptors (Lipinski definition) is 4. The SMILES string of the molecule is O=[N+]([O-])c1ccccc1N(/N=C\c1ccccc1)c1ccccc1. The van der Waals surface area contributed by atoms with Crippen LogP contribution in [0.3, 0.4) is 0 Å². The van der Waals surface area contributed by atoms with Crippen molar-refractivity contribution in [1.82, 2.24) is 0 Å². The Bertz CT molecular complexity index is 849. The molecule has 0 aliphatic carbocycles. The normalized spacial score (nSPS) is 10.7. The molecule has 3 aromatic rings. The Morgan fingerprint density at radius 3 is 2.08 bits per heavy atom. The number of nitro groups is 1. The second-order valence-electron chi connectivity index (χ2n) is 5.05. The van der Waals surface area contributed by atoms with Crippen molar-refractivity contribution in [2.75, 3.05) is 5.01 Å². The first-order chi connectivity index (χ1) is 11.8. The number of nitro benzene ring substituents is 1. The van der Waals surface area contributed by atoms with Gasteiger partial charge < -0.3 is 0 Å². The van der Waals surface area contributed by atoms with E-state index in [9.17, 15) is 10.1 Å². The number of rotatable bonds is 5. The van der Waals surface area contributed by atoms with Crippen LogP contribution in [0.4, 0.5) is 17.1 Å². The molecule has 0 atom stereocenters. The van der Waals surface area contributed by atoms with Crippen LogP contribution in [0.2, 0.25) is 0 Å². The maximum absolute atomic E-state index is 11.4. The van der Waals surface area contributed by atoms with Crippen LogP contribution in [-0.4, -0.2) is 11.1 Å². The van der Waals surface area contributed by atoms with Crippen LogP contribution in [-0.2, 0) is 0 Å². The molecule has 5 heteroatoms. The van der Waals surface area contributed by atoms with Crippen molar-refractivity contribution in [3.8, 4) is 0 Å². The van der Waals surface area contributed by atoms with E-state index >= 15 is 0 Å². The molecule has 0 bridgehead atoms. The Morgan fingerprint density at radius 2 is 1.42 bits per heavy atom. The molecule has 0 aliphatic heterocycles. The molecular weight excluding hydrogens is 302 g/mol. The van der Waals surface area contributed by atoms with E-state index in [4.69, 9.17) is 0 Å². The lowest BCUT2D eigenvalue weighted by atomic mass is 10.2. The van der Waals surface area contributed by atoms with Crippen molar-refractivity contribution >= 4 is 23.3 Å². The van der Waals surface area contributed by atoms with Crippen LogP contribution in [0.15, 0.2) is 90.0 Å². The van der Waals surface area contributed by atoms with Crippen LogP contribution >= 0.6 is 0 Å². The third kappa shape index (κ3) is 3.47. The minimum atomic E-state index is -0.399. The molecule has 0 aromatic heterocycles. The van der Waals surface area contributed by atoms with E-state index in [0.29, 0.717) is 5.69 Å². The molecule has 0 radical (unpaired) electrons. The summed E-state index contributed by atoms with van der Waals surface area (Å²) in [5.74, 6) is 0. The second-order valence-corrected chi connectivity index (χ2v) is 5.05. The molecule has 0 saturated heterocycles. The predicted molar refractivity (Wildman–Crippen MR) is 95.7 cm³/mol. The maximum atomic E-state index is 11.4. The van der Waals surface area contributed by atoms with Crippen molar-refractivity contribution in [2.24, 2.45) is 5.10 Å². The van der Waals surface area contributed by atoms with Gasteiger partial charge in [-0.15, -0.1) is 0 Å². The van der Waals surface area contributed by atoms with Crippen molar-refractivity contribution in [3.63, 3.8) is 0 Å². The van der Waals surface area contributed by atoms with Crippen LogP contribution in [0.25, 0.3) is 0 Å². The van der Waals surface area contributed by atoms with Gasteiger partial charge in [-0.05, 0) is 23.8 Å². The average Bonchev–Trinajstić information content (AvgIpc) is 2.64. The summed E-state index contributed by atoms with van der Waals surface area (Å²) in [5, 5.41) is 17.4. The van der Waals surface area contributed by atoms with Gasteiger partial charge in [0.1, 0.15) is 5.69 Å². The Morgan fingerprint density at radius 1 is 0.833 bits per heavy atom. The summed E-state index contributed by atoms with van der Waals surface area (Å²) in [5.41, 5.74) is 2.09. The fraction of sp³-hybridized carbons (Fsp3) is 0. The van der Waals surface area contributed by atoms with Gasteiger partial charge in [-0.1, -0.05) is 60.7 Å². The third-order valence-corrected chi connectivity index (χ3v) is 3.43. The molecule has 118 valence electrons. The van der Waals surface area contributed by atoms with Gasteiger partial charge in [0.2, 0.25) is 0 Å². The highest BCUT2D eigenvalue weighted by molar-refractivity contribution is 5.82. The lowest BCUT2D eigenvalue weighted by Crippen LogP contribution is -2.11. The summed E-state index contributed by atoms with van der Waals surface area (Å²) in [6.07, 6.45) is 1.68. The Labute approximate surface area is 139 Å². The molecule has 0 spiro atoms. The molecule has 0 N–H and O–H groups in total.